The normalized spacial score (nSPS) is 12.0. The number of hydrogen-bond acceptors (Lipinski definition) is 2. The van der Waals surface area contributed by atoms with Gasteiger partial charge < -0.3 is 0 Å². The summed E-state index contributed by atoms with van der Waals surface area (Å²) in [4.78, 5) is 5.68. The molecule has 1 aromatic rings. The van der Waals surface area contributed by atoms with Crippen LogP contribution >= 0.6 is 11.3 Å². The summed E-state index contributed by atoms with van der Waals surface area (Å²) in [7, 11) is 0. The van der Waals surface area contributed by atoms with Gasteiger partial charge >= 0.3 is 0 Å². The van der Waals surface area contributed by atoms with Crippen LogP contribution in [0.3, 0.4) is 0 Å². The monoisotopic (exact) mass is 183 g/mol. The van der Waals surface area contributed by atoms with Crippen LogP contribution in [0.25, 0.3) is 0 Å². The van der Waals surface area contributed by atoms with E-state index in [4.69, 9.17) is 0 Å². The average molecular weight is 183 g/mol. The van der Waals surface area contributed by atoms with E-state index >= 15 is 0 Å². The Hall–Kier alpha value is -0.370. The zero-order valence-corrected chi connectivity index (χ0v) is 9.16. The van der Waals surface area contributed by atoms with Gasteiger partial charge in [-0.2, -0.15) is 0 Å². The van der Waals surface area contributed by atoms with Gasteiger partial charge in [0.05, 0.1) is 5.01 Å². The average Bonchev–Trinajstić information content (AvgIpc) is 2.35. The Kier molecular flexibility index (Phi) is 2.89. The first kappa shape index (κ1) is 9.72. The van der Waals surface area contributed by atoms with Crippen molar-refractivity contribution < 1.29 is 0 Å². The highest BCUT2D eigenvalue weighted by molar-refractivity contribution is 7.11. The molecule has 0 bridgehead atoms. The molecule has 0 saturated carbocycles. The standard InChI is InChI=1S/C10H17NS/c1-5-10(3,4)6-9-11-7-8(2)12-9/h7H,5-6H2,1-4H3. The van der Waals surface area contributed by atoms with Gasteiger partial charge in [0.1, 0.15) is 0 Å². The molecule has 0 unspecified atom stereocenters. The molecule has 0 radical (unpaired) electrons. The number of aryl methyl sites for hydroxylation is 1. The second-order valence-corrected chi connectivity index (χ2v) is 5.38. The molecule has 1 rings (SSSR count). The Morgan fingerprint density at radius 2 is 2.17 bits per heavy atom. The van der Waals surface area contributed by atoms with Crippen LogP contribution in [0.4, 0.5) is 0 Å². The molecule has 0 amide bonds. The van der Waals surface area contributed by atoms with Crippen LogP contribution in [0.5, 0.6) is 0 Å². The molecule has 1 aromatic heterocycles. The third kappa shape index (κ3) is 2.59. The maximum atomic E-state index is 4.37. The van der Waals surface area contributed by atoms with Crippen molar-refractivity contribution in [1.29, 1.82) is 0 Å². The molecular formula is C10H17NS. The second kappa shape index (κ2) is 3.56. The molecule has 12 heavy (non-hydrogen) atoms. The van der Waals surface area contributed by atoms with E-state index in [0.717, 1.165) is 6.42 Å². The zero-order valence-electron chi connectivity index (χ0n) is 8.35. The predicted octanol–water partition coefficient (Wildman–Crippen LogP) is 3.43. The van der Waals surface area contributed by atoms with E-state index in [2.05, 4.69) is 32.7 Å². The minimum Gasteiger partial charge on any atom is -0.249 e. The van der Waals surface area contributed by atoms with Gasteiger partial charge in [-0.15, -0.1) is 11.3 Å². The maximum absolute atomic E-state index is 4.37. The minimum absolute atomic E-state index is 0.407. The van der Waals surface area contributed by atoms with E-state index < -0.39 is 0 Å². The summed E-state index contributed by atoms with van der Waals surface area (Å²) < 4.78 is 0. The van der Waals surface area contributed by atoms with Crippen LogP contribution in [0.15, 0.2) is 6.20 Å². The van der Waals surface area contributed by atoms with Gasteiger partial charge in [-0.3, -0.25) is 0 Å². The topological polar surface area (TPSA) is 12.9 Å². The highest BCUT2D eigenvalue weighted by Crippen LogP contribution is 2.27. The summed E-state index contributed by atoms with van der Waals surface area (Å²) in [5.74, 6) is 0. The first-order valence-electron chi connectivity index (χ1n) is 4.45. The van der Waals surface area contributed by atoms with Gasteiger partial charge in [0.15, 0.2) is 0 Å². The molecule has 0 aliphatic rings. The summed E-state index contributed by atoms with van der Waals surface area (Å²) in [6.07, 6.45) is 4.29. The van der Waals surface area contributed by atoms with Crippen molar-refractivity contribution in [3.05, 3.63) is 16.1 Å². The van der Waals surface area contributed by atoms with Gasteiger partial charge in [-0.05, 0) is 12.3 Å². The quantitative estimate of drug-likeness (QED) is 0.699. The lowest BCUT2D eigenvalue weighted by molar-refractivity contribution is 0.349. The Morgan fingerprint density at radius 1 is 1.50 bits per heavy atom. The summed E-state index contributed by atoms with van der Waals surface area (Å²) >= 11 is 1.82. The molecule has 1 nitrogen and oxygen atoms in total. The van der Waals surface area contributed by atoms with E-state index in [-0.39, 0.29) is 0 Å². The largest absolute Gasteiger partial charge is 0.249 e. The lowest BCUT2D eigenvalue weighted by Gasteiger charge is -2.20. The maximum Gasteiger partial charge on any atom is 0.0932 e. The third-order valence-electron chi connectivity index (χ3n) is 2.26. The molecule has 68 valence electrons. The fraction of sp³-hybridized carbons (Fsp3) is 0.700. The van der Waals surface area contributed by atoms with Crippen molar-refractivity contribution in [3.63, 3.8) is 0 Å². The molecule has 0 fully saturated rings. The fourth-order valence-electron chi connectivity index (χ4n) is 1.02. The smallest absolute Gasteiger partial charge is 0.0932 e. The Balaban J connectivity index is 2.63. The lowest BCUT2D eigenvalue weighted by atomic mass is 9.87. The van der Waals surface area contributed by atoms with Crippen molar-refractivity contribution in [2.45, 2.75) is 40.5 Å². The summed E-state index contributed by atoms with van der Waals surface area (Å²) in [5.41, 5.74) is 0.407. The Morgan fingerprint density at radius 3 is 2.58 bits per heavy atom. The summed E-state index contributed by atoms with van der Waals surface area (Å²) in [5, 5.41) is 1.28. The molecule has 2 heteroatoms. The molecule has 0 aliphatic carbocycles. The molecular weight excluding hydrogens is 166 g/mol. The Labute approximate surface area is 78.8 Å². The fourth-order valence-corrected chi connectivity index (χ4v) is 2.06. The lowest BCUT2D eigenvalue weighted by Crippen LogP contribution is -2.12. The van der Waals surface area contributed by atoms with Crippen LogP contribution in [-0.4, -0.2) is 4.98 Å². The van der Waals surface area contributed by atoms with E-state index in [1.165, 1.54) is 16.3 Å². The van der Waals surface area contributed by atoms with Gasteiger partial charge in [0.25, 0.3) is 0 Å². The van der Waals surface area contributed by atoms with Crippen molar-refractivity contribution in [3.8, 4) is 0 Å². The van der Waals surface area contributed by atoms with Gasteiger partial charge in [-0.25, -0.2) is 4.98 Å². The third-order valence-corrected chi connectivity index (χ3v) is 3.17. The van der Waals surface area contributed by atoms with Crippen LogP contribution in [0, 0.1) is 12.3 Å². The molecule has 0 aliphatic heterocycles. The van der Waals surface area contributed by atoms with Crippen molar-refractivity contribution in [2.75, 3.05) is 0 Å². The van der Waals surface area contributed by atoms with E-state index in [1.807, 2.05) is 17.5 Å². The predicted molar refractivity (Wildman–Crippen MR) is 54.6 cm³/mol. The van der Waals surface area contributed by atoms with Crippen LogP contribution in [-0.2, 0) is 6.42 Å². The van der Waals surface area contributed by atoms with Crippen LogP contribution in [0.2, 0.25) is 0 Å². The van der Waals surface area contributed by atoms with Crippen molar-refractivity contribution in [2.24, 2.45) is 5.41 Å². The summed E-state index contributed by atoms with van der Waals surface area (Å²) in [6.45, 7) is 8.94. The molecule has 0 atom stereocenters. The SMILES string of the molecule is CCC(C)(C)Cc1ncc(C)s1. The second-order valence-electron chi connectivity index (χ2n) is 4.06. The molecule has 0 N–H and O–H groups in total. The van der Waals surface area contributed by atoms with Crippen LogP contribution in [0.1, 0.15) is 37.1 Å². The first-order chi connectivity index (χ1) is 5.53. The highest BCUT2D eigenvalue weighted by Gasteiger charge is 2.17. The number of hydrogen-bond donors (Lipinski definition) is 0. The zero-order chi connectivity index (χ0) is 9.19. The van der Waals surface area contributed by atoms with Crippen molar-refractivity contribution in [1.82, 2.24) is 4.98 Å². The summed E-state index contributed by atoms with van der Waals surface area (Å²) in [6, 6.07) is 0. The van der Waals surface area contributed by atoms with Gasteiger partial charge in [0.2, 0.25) is 0 Å². The molecule has 0 aromatic carbocycles. The number of nitrogens with zero attached hydrogens (tertiary/aromatic N) is 1. The Bertz CT molecular complexity index is 250. The molecule has 0 saturated heterocycles. The first-order valence-corrected chi connectivity index (χ1v) is 5.26. The number of rotatable bonds is 3. The highest BCUT2D eigenvalue weighted by atomic mass is 32.1. The van der Waals surface area contributed by atoms with E-state index in [9.17, 15) is 0 Å². The van der Waals surface area contributed by atoms with E-state index in [1.54, 1.807) is 0 Å². The van der Waals surface area contributed by atoms with Gasteiger partial charge in [-0.1, -0.05) is 27.2 Å². The number of aromatic nitrogens is 1. The molecule has 0 spiro atoms. The molecule has 1 heterocycles. The van der Waals surface area contributed by atoms with E-state index in [0.29, 0.717) is 5.41 Å². The van der Waals surface area contributed by atoms with Crippen LogP contribution < -0.4 is 0 Å². The number of thiazole rings is 1. The van der Waals surface area contributed by atoms with Gasteiger partial charge in [0, 0.05) is 17.5 Å². The minimum atomic E-state index is 0.407. The van der Waals surface area contributed by atoms with Crippen molar-refractivity contribution >= 4 is 11.3 Å².